The van der Waals surface area contributed by atoms with Gasteiger partial charge in [-0.2, -0.15) is 0 Å². The fourth-order valence-corrected chi connectivity index (χ4v) is 2.01. The smallest absolute Gasteiger partial charge is 0.120 e. The van der Waals surface area contributed by atoms with E-state index in [1.54, 1.807) is 0 Å². The van der Waals surface area contributed by atoms with Crippen molar-refractivity contribution >= 4 is 0 Å². The van der Waals surface area contributed by atoms with Crippen molar-refractivity contribution in [2.24, 2.45) is 0 Å². The number of hydrogen-bond acceptors (Lipinski definition) is 3. The molecule has 0 aliphatic carbocycles. The number of hydrogen-bond donors (Lipinski definition) is 1. The van der Waals surface area contributed by atoms with Crippen molar-refractivity contribution in [3.05, 3.63) is 59.9 Å². The Bertz CT molecular complexity index is 526. The summed E-state index contributed by atoms with van der Waals surface area (Å²) in [6.45, 7) is 6.99. The monoisotopic (exact) mass is 270 g/mol. The molecule has 1 heterocycles. The molecule has 0 amide bonds. The molecule has 1 aromatic carbocycles. The van der Waals surface area contributed by atoms with E-state index in [4.69, 9.17) is 4.74 Å². The average Bonchev–Trinajstić information content (AvgIpc) is 2.45. The van der Waals surface area contributed by atoms with E-state index in [0.717, 1.165) is 18.0 Å². The van der Waals surface area contributed by atoms with E-state index in [1.807, 2.05) is 50.4 Å². The number of benzene rings is 1. The summed E-state index contributed by atoms with van der Waals surface area (Å²) < 4.78 is 5.71. The molecule has 3 heteroatoms. The summed E-state index contributed by atoms with van der Waals surface area (Å²) in [5.74, 6) is 0.921. The first-order valence-electron chi connectivity index (χ1n) is 7.05. The van der Waals surface area contributed by atoms with E-state index in [9.17, 15) is 0 Å². The highest BCUT2D eigenvalue weighted by Crippen LogP contribution is 2.16. The van der Waals surface area contributed by atoms with E-state index >= 15 is 0 Å². The third-order valence-electron chi connectivity index (χ3n) is 3.01. The summed E-state index contributed by atoms with van der Waals surface area (Å²) in [5, 5.41) is 3.48. The molecular weight excluding hydrogens is 248 g/mol. The van der Waals surface area contributed by atoms with Crippen LogP contribution in [0.3, 0.4) is 0 Å². The van der Waals surface area contributed by atoms with Crippen LogP contribution in [-0.2, 0) is 6.54 Å². The van der Waals surface area contributed by atoms with E-state index in [0.29, 0.717) is 0 Å². The molecule has 106 valence electrons. The first-order valence-corrected chi connectivity index (χ1v) is 7.05. The first-order chi connectivity index (χ1) is 9.65. The van der Waals surface area contributed by atoms with Gasteiger partial charge in [0.2, 0.25) is 0 Å². The third-order valence-corrected chi connectivity index (χ3v) is 3.01. The quantitative estimate of drug-likeness (QED) is 0.868. The minimum absolute atomic E-state index is 0.200. The van der Waals surface area contributed by atoms with Crippen LogP contribution >= 0.6 is 0 Å². The van der Waals surface area contributed by atoms with Crippen LogP contribution in [0.2, 0.25) is 0 Å². The summed E-state index contributed by atoms with van der Waals surface area (Å²) >= 11 is 0. The lowest BCUT2D eigenvalue weighted by molar-refractivity contribution is 0.242. The van der Waals surface area contributed by atoms with Crippen molar-refractivity contribution in [1.29, 1.82) is 0 Å². The second-order valence-corrected chi connectivity index (χ2v) is 5.17. The lowest BCUT2D eigenvalue weighted by atomic mass is 10.1. The van der Waals surface area contributed by atoms with Crippen molar-refractivity contribution in [2.45, 2.75) is 39.5 Å². The molecule has 0 aliphatic heterocycles. The van der Waals surface area contributed by atoms with Gasteiger partial charge >= 0.3 is 0 Å². The van der Waals surface area contributed by atoms with Gasteiger partial charge in [-0.05, 0) is 50.6 Å². The maximum atomic E-state index is 5.71. The van der Waals surface area contributed by atoms with E-state index in [2.05, 4.69) is 29.4 Å². The van der Waals surface area contributed by atoms with E-state index < -0.39 is 0 Å². The molecule has 20 heavy (non-hydrogen) atoms. The molecule has 1 N–H and O–H groups in total. The van der Waals surface area contributed by atoms with Crippen molar-refractivity contribution in [2.75, 3.05) is 0 Å². The molecule has 2 rings (SSSR count). The van der Waals surface area contributed by atoms with Gasteiger partial charge in [-0.3, -0.25) is 4.98 Å². The van der Waals surface area contributed by atoms with Gasteiger partial charge in [0.05, 0.1) is 11.8 Å². The number of nitrogens with zero attached hydrogens (tertiary/aromatic N) is 1. The van der Waals surface area contributed by atoms with Crippen LogP contribution in [0.1, 0.15) is 38.1 Å². The van der Waals surface area contributed by atoms with Crippen LogP contribution in [-0.4, -0.2) is 11.1 Å². The Morgan fingerprint density at radius 2 is 1.95 bits per heavy atom. The Morgan fingerprint density at radius 3 is 2.65 bits per heavy atom. The Morgan fingerprint density at radius 1 is 1.10 bits per heavy atom. The third kappa shape index (κ3) is 4.35. The summed E-state index contributed by atoms with van der Waals surface area (Å²) in [7, 11) is 0. The molecule has 0 fully saturated rings. The fourth-order valence-electron chi connectivity index (χ4n) is 2.01. The molecule has 2 aromatic rings. The molecule has 0 saturated heterocycles. The Labute approximate surface area is 121 Å². The number of pyridine rings is 1. The predicted octanol–water partition coefficient (Wildman–Crippen LogP) is 3.72. The zero-order valence-electron chi connectivity index (χ0n) is 12.3. The van der Waals surface area contributed by atoms with Gasteiger partial charge in [0.25, 0.3) is 0 Å². The van der Waals surface area contributed by atoms with Crippen LogP contribution in [0.15, 0.2) is 48.7 Å². The second-order valence-electron chi connectivity index (χ2n) is 5.17. The van der Waals surface area contributed by atoms with E-state index in [1.165, 1.54) is 5.56 Å². The molecule has 0 bridgehead atoms. The molecule has 0 saturated carbocycles. The van der Waals surface area contributed by atoms with Gasteiger partial charge in [0.15, 0.2) is 0 Å². The molecule has 0 aliphatic rings. The normalized spacial score (nSPS) is 12.4. The van der Waals surface area contributed by atoms with Crippen molar-refractivity contribution in [3.63, 3.8) is 0 Å². The lowest BCUT2D eigenvalue weighted by Gasteiger charge is -2.14. The minimum atomic E-state index is 0.200. The SMILES string of the molecule is CC(C)Oc1cccc(CN[C@@H](C)c2ccccn2)c1. The second kappa shape index (κ2) is 7.06. The zero-order chi connectivity index (χ0) is 14.4. The first kappa shape index (κ1) is 14.5. The zero-order valence-corrected chi connectivity index (χ0v) is 12.3. The molecular formula is C17H22N2O. The van der Waals surface area contributed by atoms with Crippen molar-refractivity contribution in [3.8, 4) is 5.75 Å². The predicted molar refractivity (Wildman–Crippen MR) is 81.7 cm³/mol. The number of aromatic nitrogens is 1. The summed E-state index contributed by atoms with van der Waals surface area (Å²) in [6, 6.07) is 14.4. The van der Waals surface area contributed by atoms with Gasteiger partial charge in [0.1, 0.15) is 5.75 Å². The highest BCUT2D eigenvalue weighted by molar-refractivity contribution is 5.28. The Hall–Kier alpha value is -1.87. The van der Waals surface area contributed by atoms with Crippen LogP contribution in [0.25, 0.3) is 0 Å². The Balaban J connectivity index is 1.94. The van der Waals surface area contributed by atoms with Gasteiger partial charge in [0, 0.05) is 18.8 Å². The lowest BCUT2D eigenvalue weighted by Crippen LogP contribution is -2.19. The van der Waals surface area contributed by atoms with Crippen LogP contribution < -0.4 is 10.1 Å². The fraction of sp³-hybridized carbons (Fsp3) is 0.353. The summed E-state index contributed by atoms with van der Waals surface area (Å²) in [5.41, 5.74) is 2.27. The van der Waals surface area contributed by atoms with Crippen LogP contribution in [0, 0.1) is 0 Å². The van der Waals surface area contributed by atoms with Crippen LogP contribution in [0.5, 0.6) is 5.75 Å². The number of nitrogens with one attached hydrogen (secondary N) is 1. The van der Waals surface area contributed by atoms with E-state index in [-0.39, 0.29) is 12.1 Å². The van der Waals surface area contributed by atoms with Crippen molar-refractivity contribution in [1.82, 2.24) is 10.3 Å². The number of ether oxygens (including phenoxy) is 1. The van der Waals surface area contributed by atoms with Gasteiger partial charge < -0.3 is 10.1 Å². The highest BCUT2D eigenvalue weighted by atomic mass is 16.5. The van der Waals surface area contributed by atoms with Gasteiger partial charge in [-0.25, -0.2) is 0 Å². The highest BCUT2D eigenvalue weighted by Gasteiger charge is 2.06. The number of rotatable bonds is 6. The maximum Gasteiger partial charge on any atom is 0.120 e. The maximum absolute atomic E-state index is 5.71. The standard InChI is InChI=1S/C17H22N2O/c1-13(2)20-16-8-6-7-15(11-16)12-19-14(3)17-9-4-5-10-18-17/h4-11,13-14,19H,12H2,1-3H3/t14-/m0/s1. The average molecular weight is 270 g/mol. The summed E-state index contributed by atoms with van der Waals surface area (Å²) in [4.78, 5) is 4.36. The van der Waals surface area contributed by atoms with Crippen LogP contribution in [0.4, 0.5) is 0 Å². The summed E-state index contributed by atoms with van der Waals surface area (Å²) in [6.07, 6.45) is 2.02. The minimum Gasteiger partial charge on any atom is -0.491 e. The van der Waals surface area contributed by atoms with Crippen molar-refractivity contribution < 1.29 is 4.74 Å². The van der Waals surface area contributed by atoms with Gasteiger partial charge in [-0.15, -0.1) is 0 Å². The molecule has 1 aromatic heterocycles. The molecule has 0 unspecified atom stereocenters. The largest absolute Gasteiger partial charge is 0.491 e. The molecule has 3 nitrogen and oxygen atoms in total. The Kier molecular flexibility index (Phi) is 5.13. The topological polar surface area (TPSA) is 34.1 Å². The molecule has 0 radical (unpaired) electrons. The van der Waals surface area contributed by atoms with Gasteiger partial charge in [-0.1, -0.05) is 18.2 Å². The molecule has 0 spiro atoms. The molecule has 1 atom stereocenters.